The summed E-state index contributed by atoms with van der Waals surface area (Å²) in [5.74, 6) is 0. The number of nitrogen functional groups attached to an aromatic ring is 1. The summed E-state index contributed by atoms with van der Waals surface area (Å²) in [4.78, 5) is 0. The molecule has 1 aromatic rings. The topological polar surface area (TPSA) is 38.0 Å². The maximum absolute atomic E-state index is 5.94. The van der Waals surface area contributed by atoms with E-state index in [4.69, 9.17) is 5.73 Å². The van der Waals surface area contributed by atoms with Crippen LogP contribution in [0.3, 0.4) is 0 Å². The van der Waals surface area contributed by atoms with E-state index in [9.17, 15) is 0 Å². The van der Waals surface area contributed by atoms with Gasteiger partial charge in [0.15, 0.2) is 0 Å². The van der Waals surface area contributed by atoms with Crippen LogP contribution in [0, 0.1) is 0 Å². The van der Waals surface area contributed by atoms with Gasteiger partial charge in [0.05, 0.1) is 0 Å². The van der Waals surface area contributed by atoms with Crippen molar-refractivity contribution < 1.29 is 0 Å². The number of nitrogens with two attached hydrogens (primary N) is 1. The third-order valence-electron chi connectivity index (χ3n) is 2.54. The molecule has 1 rings (SSSR count). The number of hydrogen-bond acceptors (Lipinski definition) is 2. The Morgan fingerprint density at radius 1 is 1.07 bits per heavy atom. The van der Waals surface area contributed by atoms with E-state index in [2.05, 4.69) is 32.2 Å². The molecule has 0 unspecified atom stereocenters. The zero-order valence-electron chi connectivity index (χ0n) is 9.76. The molecule has 0 saturated heterocycles. The van der Waals surface area contributed by atoms with Crippen LogP contribution >= 0.6 is 12.4 Å². The Bertz CT molecular complexity index is 311. The van der Waals surface area contributed by atoms with Gasteiger partial charge in [0.25, 0.3) is 0 Å². The minimum atomic E-state index is 0. The largest absolute Gasteiger partial charge is 0.398 e. The van der Waals surface area contributed by atoms with Gasteiger partial charge in [-0.2, -0.15) is 0 Å². The molecule has 0 heterocycles. The highest BCUT2D eigenvalue weighted by molar-refractivity contribution is 5.85. The molecule has 3 N–H and O–H groups in total. The average Bonchev–Trinajstić information content (AvgIpc) is 2.20. The molecule has 1 aromatic carbocycles. The molecule has 3 heteroatoms. The zero-order chi connectivity index (χ0) is 10.6. The first-order valence-electron chi connectivity index (χ1n) is 5.38. The standard InChI is InChI=1S/C12H20N2.ClH/c1-4-9-10(5-2)12(14-6-3)8-7-11(9)13;/h7-8,14H,4-6,13H2,1-3H3;1H. The van der Waals surface area contributed by atoms with E-state index in [1.165, 1.54) is 16.8 Å². The Morgan fingerprint density at radius 2 is 1.67 bits per heavy atom. The minimum absolute atomic E-state index is 0. The van der Waals surface area contributed by atoms with E-state index >= 15 is 0 Å². The summed E-state index contributed by atoms with van der Waals surface area (Å²) >= 11 is 0. The maximum atomic E-state index is 5.94. The monoisotopic (exact) mass is 228 g/mol. The summed E-state index contributed by atoms with van der Waals surface area (Å²) in [7, 11) is 0. The lowest BCUT2D eigenvalue weighted by Crippen LogP contribution is -2.05. The van der Waals surface area contributed by atoms with Crippen molar-refractivity contribution in [3.8, 4) is 0 Å². The molecule has 0 spiro atoms. The number of nitrogens with one attached hydrogen (secondary N) is 1. The number of halogens is 1. The summed E-state index contributed by atoms with van der Waals surface area (Å²) in [6.45, 7) is 7.40. The van der Waals surface area contributed by atoms with Crippen molar-refractivity contribution in [2.75, 3.05) is 17.6 Å². The molecular formula is C12H21ClN2. The summed E-state index contributed by atoms with van der Waals surface area (Å²) in [5.41, 5.74) is 10.8. The Hall–Kier alpha value is -0.890. The Balaban J connectivity index is 0.00000196. The molecule has 0 bridgehead atoms. The van der Waals surface area contributed by atoms with Crippen LogP contribution in [0.15, 0.2) is 12.1 Å². The third-order valence-corrected chi connectivity index (χ3v) is 2.54. The summed E-state index contributed by atoms with van der Waals surface area (Å²) in [5, 5.41) is 3.37. The van der Waals surface area contributed by atoms with Crippen molar-refractivity contribution in [3.05, 3.63) is 23.3 Å². The van der Waals surface area contributed by atoms with Crippen LogP contribution in [0.2, 0.25) is 0 Å². The predicted molar refractivity (Wildman–Crippen MR) is 71.0 cm³/mol. The van der Waals surface area contributed by atoms with Crippen molar-refractivity contribution in [1.82, 2.24) is 0 Å². The first kappa shape index (κ1) is 14.1. The summed E-state index contributed by atoms with van der Waals surface area (Å²) in [6.07, 6.45) is 2.05. The third kappa shape index (κ3) is 3.03. The number of benzene rings is 1. The zero-order valence-corrected chi connectivity index (χ0v) is 10.6. The number of hydrogen-bond donors (Lipinski definition) is 2. The maximum Gasteiger partial charge on any atom is 0.0376 e. The van der Waals surface area contributed by atoms with Crippen LogP contribution in [0.1, 0.15) is 31.9 Å². The summed E-state index contributed by atoms with van der Waals surface area (Å²) < 4.78 is 0. The molecule has 0 aliphatic rings. The molecule has 0 aliphatic carbocycles. The predicted octanol–water partition coefficient (Wildman–Crippen LogP) is 3.25. The Labute approximate surface area is 98.7 Å². The van der Waals surface area contributed by atoms with Crippen LogP contribution in [0.25, 0.3) is 0 Å². The molecule has 0 amide bonds. The van der Waals surface area contributed by atoms with E-state index in [1.54, 1.807) is 0 Å². The van der Waals surface area contributed by atoms with Gasteiger partial charge in [0, 0.05) is 17.9 Å². The van der Waals surface area contributed by atoms with Crippen LogP contribution in [0.4, 0.5) is 11.4 Å². The van der Waals surface area contributed by atoms with E-state index in [0.29, 0.717) is 0 Å². The molecule has 0 saturated carbocycles. The quantitative estimate of drug-likeness (QED) is 0.777. The normalized spacial score (nSPS) is 9.53. The molecule has 0 radical (unpaired) electrons. The number of rotatable bonds is 4. The van der Waals surface area contributed by atoms with Gasteiger partial charge in [-0.15, -0.1) is 12.4 Å². The van der Waals surface area contributed by atoms with Gasteiger partial charge in [0.1, 0.15) is 0 Å². The van der Waals surface area contributed by atoms with E-state index in [1.807, 2.05) is 6.07 Å². The SMILES string of the molecule is CCNc1ccc(N)c(CC)c1CC.Cl. The van der Waals surface area contributed by atoms with Gasteiger partial charge in [-0.05, 0) is 43.0 Å². The van der Waals surface area contributed by atoms with Crippen molar-refractivity contribution in [1.29, 1.82) is 0 Å². The molecule has 0 fully saturated rings. The smallest absolute Gasteiger partial charge is 0.0376 e. The average molecular weight is 229 g/mol. The second-order valence-corrected chi connectivity index (χ2v) is 3.40. The Kier molecular flexibility index (Phi) is 6.18. The molecule has 0 atom stereocenters. The Morgan fingerprint density at radius 3 is 2.13 bits per heavy atom. The molecule has 0 aromatic heterocycles. The number of anilines is 2. The second kappa shape index (κ2) is 6.57. The van der Waals surface area contributed by atoms with Crippen LogP contribution in [-0.2, 0) is 12.8 Å². The molecule has 0 aliphatic heterocycles. The highest BCUT2D eigenvalue weighted by atomic mass is 35.5. The van der Waals surface area contributed by atoms with E-state index < -0.39 is 0 Å². The molecular weight excluding hydrogens is 208 g/mol. The fourth-order valence-corrected chi connectivity index (χ4v) is 1.89. The van der Waals surface area contributed by atoms with Gasteiger partial charge in [-0.1, -0.05) is 13.8 Å². The van der Waals surface area contributed by atoms with Gasteiger partial charge < -0.3 is 11.1 Å². The van der Waals surface area contributed by atoms with Crippen LogP contribution < -0.4 is 11.1 Å². The van der Waals surface area contributed by atoms with Crippen molar-refractivity contribution in [2.45, 2.75) is 33.6 Å². The van der Waals surface area contributed by atoms with Gasteiger partial charge in [0.2, 0.25) is 0 Å². The van der Waals surface area contributed by atoms with Gasteiger partial charge in [-0.25, -0.2) is 0 Å². The van der Waals surface area contributed by atoms with Gasteiger partial charge in [-0.3, -0.25) is 0 Å². The van der Waals surface area contributed by atoms with Crippen molar-refractivity contribution >= 4 is 23.8 Å². The van der Waals surface area contributed by atoms with E-state index in [0.717, 1.165) is 25.1 Å². The lowest BCUT2D eigenvalue weighted by atomic mass is 9.99. The molecule has 2 nitrogen and oxygen atoms in total. The minimum Gasteiger partial charge on any atom is -0.398 e. The highest BCUT2D eigenvalue weighted by Crippen LogP contribution is 2.26. The summed E-state index contributed by atoms with van der Waals surface area (Å²) in [6, 6.07) is 4.08. The fourth-order valence-electron chi connectivity index (χ4n) is 1.89. The van der Waals surface area contributed by atoms with Gasteiger partial charge >= 0.3 is 0 Å². The second-order valence-electron chi connectivity index (χ2n) is 3.40. The first-order chi connectivity index (χ1) is 6.74. The lowest BCUT2D eigenvalue weighted by molar-refractivity contribution is 1.03. The van der Waals surface area contributed by atoms with E-state index in [-0.39, 0.29) is 12.4 Å². The van der Waals surface area contributed by atoms with Crippen LogP contribution in [-0.4, -0.2) is 6.54 Å². The van der Waals surface area contributed by atoms with Crippen molar-refractivity contribution in [2.24, 2.45) is 0 Å². The van der Waals surface area contributed by atoms with Crippen LogP contribution in [0.5, 0.6) is 0 Å². The highest BCUT2D eigenvalue weighted by Gasteiger charge is 2.07. The molecule has 15 heavy (non-hydrogen) atoms. The molecule has 86 valence electrons. The fraction of sp³-hybridized carbons (Fsp3) is 0.500. The first-order valence-corrected chi connectivity index (χ1v) is 5.38. The van der Waals surface area contributed by atoms with Crippen molar-refractivity contribution in [3.63, 3.8) is 0 Å². The lowest BCUT2D eigenvalue weighted by Gasteiger charge is -2.15.